The van der Waals surface area contributed by atoms with Crippen molar-refractivity contribution in [2.75, 3.05) is 26.7 Å². The van der Waals surface area contributed by atoms with Crippen molar-refractivity contribution in [3.8, 4) is 0 Å². The maximum absolute atomic E-state index is 13.5. The van der Waals surface area contributed by atoms with Crippen LogP contribution in [0, 0.1) is 6.92 Å². The predicted octanol–water partition coefficient (Wildman–Crippen LogP) is 4.29. The second-order valence-corrected chi connectivity index (χ2v) is 9.91. The average molecular weight is 507 g/mol. The molecule has 0 bridgehead atoms. The highest BCUT2D eigenvalue weighted by atomic mass is 35.5. The minimum absolute atomic E-state index is 0.00377. The molecule has 0 aromatic heterocycles. The third kappa shape index (κ3) is 6.44. The topological polar surface area (TPSA) is 73.5 Å². The van der Waals surface area contributed by atoms with Crippen LogP contribution in [0.25, 0.3) is 10.8 Å². The van der Waals surface area contributed by atoms with E-state index < -0.39 is 0 Å². The van der Waals surface area contributed by atoms with Crippen molar-refractivity contribution in [2.45, 2.75) is 44.8 Å². The zero-order valence-electron chi connectivity index (χ0n) is 21.0. The summed E-state index contributed by atoms with van der Waals surface area (Å²) in [7, 11) is 1.92. The van der Waals surface area contributed by atoms with Crippen molar-refractivity contribution in [1.82, 2.24) is 20.9 Å². The average Bonchev–Trinajstić information content (AvgIpc) is 3.04. The Balaban J connectivity index is 1.43. The first kappa shape index (κ1) is 26.1. The van der Waals surface area contributed by atoms with Gasteiger partial charge in [-0.3, -0.25) is 9.59 Å². The van der Waals surface area contributed by atoms with Crippen LogP contribution in [-0.4, -0.2) is 55.5 Å². The summed E-state index contributed by atoms with van der Waals surface area (Å²) in [5.41, 5.74) is 2.61. The van der Waals surface area contributed by atoms with Crippen LogP contribution < -0.4 is 16.0 Å². The van der Waals surface area contributed by atoms with Crippen molar-refractivity contribution in [2.24, 2.45) is 0 Å². The first-order valence-corrected chi connectivity index (χ1v) is 13.0. The van der Waals surface area contributed by atoms with Gasteiger partial charge in [0.25, 0.3) is 5.91 Å². The normalized spacial score (nSPS) is 18.3. The molecule has 0 radical (unpaired) electrons. The van der Waals surface area contributed by atoms with E-state index in [2.05, 4.69) is 16.0 Å². The van der Waals surface area contributed by atoms with E-state index in [9.17, 15) is 9.59 Å². The monoisotopic (exact) mass is 506 g/mol. The third-order valence-corrected chi connectivity index (χ3v) is 7.41. The van der Waals surface area contributed by atoms with Crippen LogP contribution in [0.3, 0.4) is 0 Å². The lowest BCUT2D eigenvalue weighted by Gasteiger charge is -2.25. The quantitative estimate of drug-likeness (QED) is 0.378. The van der Waals surface area contributed by atoms with E-state index in [1.807, 2.05) is 79.5 Å². The highest BCUT2D eigenvalue weighted by molar-refractivity contribution is 6.32. The number of nitrogens with one attached hydrogen (secondary N) is 3. The van der Waals surface area contributed by atoms with Gasteiger partial charge in [0.05, 0.1) is 6.04 Å². The Hall–Kier alpha value is -2.93. The molecule has 2 atom stereocenters. The highest BCUT2D eigenvalue weighted by Crippen LogP contribution is 2.23. The summed E-state index contributed by atoms with van der Waals surface area (Å²) >= 11 is 6.54. The fourth-order valence-electron chi connectivity index (χ4n) is 4.77. The molecule has 3 aromatic rings. The van der Waals surface area contributed by atoms with E-state index in [1.54, 1.807) is 0 Å². The van der Waals surface area contributed by atoms with Crippen molar-refractivity contribution in [3.05, 3.63) is 82.4 Å². The van der Waals surface area contributed by atoms with Crippen molar-refractivity contribution >= 4 is 34.2 Å². The van der Waals surface area contributed by atoms with Gasteiger partial charge in [0.2, 0.25) is 5.91 Å². The van der Waals surface area contributed by atoms with Crippen LogP contribution in [0.5, 0.6) is 0 Å². The number of hydrogen-bond acceptors (Lipinski definition) is 4. The Morgan fingerprint density at radius 3 is 2.72 bits per heavy atom. The fourth-order valence-corrected chi connectivity index (χ4v) is 4.96. The Bertz CT molecular complexity index is 1210. The molecule has 3 N–H and O–H groups in total. The highest BCUT2D eigenvalue weighted by Gasteiger charge is 2.31. The summed E-state index contributed by atoms with van der Waals surface area (Å²) < 4.78 is 0. The van der Waals surface area contributed by atoms with Gasteiger partial charge in [0, 0.05) is 36.3 Å². The SMILES string of the molecule is CNCCCC1NC(CNC(=O)c2ccc3ccccc3c2)CCN(Cc2cccc(C)c2Cl)C1=O. The molecule has 0 aliphatic carbocycles. The number of fused-ring (bicyclic) bond motifs is 1. The Morgan fingerprint density at radius 2 is 1.92 bits per heavy atom. The number of hydrogen-bond donors (Lipinski definition) is 3. The second kappa shape index (κ2) is 12.3. The first-order chi connectivity index (χ1) is 17.5. The number of benzene rings is 3. The summed E-state index contributed by atoms with van der Waals surface area (Å²) in [6.45, 7) is 4.38. The molecular weight excluding hydrogens is 472 g/mol. The maximum Gasteiger partial charge on any atom is 0.251 e. The van der Waals surface area contributed by atoms with E-state index in [1.165, 1.54) is 0 Å². The van der Waals surface area contributed by atoms with E-state index in [0.29, 0.717) is 30.2 Å². The fraction of sp³-hybridized carbons (Fsp3) is 0.379. The smallest absolute Gasteiger partial charge is 0.251 e. The molecule has 2 unspecified atom stereocenters. The van der Waals surface area contributed by atoms with Gasteiger partial charge >= 0.3 is 0 Å². The van der Waals surface area contributed by atoms with Crippen LogP contribution in [0.15, 0.2) is 60.7 Å². The van der Waals surface area contributed by atoms with Crippen molar-refractivity contribution in [3.63, 3.8) is 0 Å². The number of rotatable bonds is 9. The van der Waals surface area contributed by atoms with Crippen LogP contribution in [0.4, 0.5) is 0 Å². The van der Waals surface area contributed by atoms with Crippen LogP contribution in [-0.2, 0) is 11.3 Å². The molecule has 4 rings (SSSR count). The summed E-state index contributed by atoms with van der Waals surface area (Å²) in [4.78, 5) is 28.3. The standard InChI is InChI=1S/C29H35ClN4O2/c1-20-7-5-10-24(27(20)30)19-34-16-14-25(33-26(29(34)36)11-6-15-31-2)18-32-28(35)23-13-12-21-8-3-4-9-22(21)17-23/h3-5,7-10,12-13,17,25-26,31,33H,6,11,14-16,18-19H2,1-2H3,(H,32,35). The van der Waals surface area contributed by atoms with Crippen LogP contribution in [0.1, 0.15) is 40.7 Å². The lowest BCUT2D eigenvalue weighted by molar-refractivity contribution is -0.133. The van der Waals surface area contributed by atoms with E-state index in [-0.39, 0.29) is 23.9 Å². The Morgan fingerprint density at radius 1 is 1.11 bits per heavy atom. The first-order valence-electron chi connectivity index (χ1n) is 12.7. The van der Waals surface area contributed by atoms with Gasteiger partial charge in [-0.15, -0.1) is 0 Å². The number of nitrogens with zero attached hydrogens (tertiary/aromatic N) is 1. The number of amides is 2. The molecule has 6 nitrogen and oxygen atoms in total. The molecule has 3 aromatic carbocycles. The number of halogens is 1. The minimum atomic E-state index is -0.299. The summed E-state index contributed by atoms with van der Waals surface area (Å²) in [6, 6.07) is 19.4. The lowest BCUT2D eigenvalue weighted by Crippen LogP contribution is -2.48. The van der Waals surface area contributed by atoms with Gasteiger partial charge in [0.1, 0.15) is 0 Å². The van der Waals surface area contributed by atoms with Crippen molar-refractivity contribution < 1.29 is 9.59 Å². The van der Waals surface area contributed by atoms with Crippen LogP contribution >= 0.6 is 11.6 Å². The summed E-state index contributed by atoms with van der Waals surface area (Å²) in [5, 5.41) is 12.6. The zero-order valence-corrected chi connectivity index (χ0v) is 21.8. The molecule has 0 spiro atoms. The minimum Gasteiger partial charge on any atom is -0.350 e. The molecule has 1 aliphatic heterocycles. The molecule has 7 heteroatoms. The van der Waals surface area contributed by atoms with Crippen LogP contribution in [0.2, 0.25) is 5.02 Å². The van der Waals surface area contributed by atoms with Gasteiger partial charge in [-0.2, -0.15) is 0 Å². The molecule has 1 saturated heterocycles. The van der Waals surface area contributed by atoms with E-state index in [0.717, 1.165) is 47.7 Å². The van der Waals surface area contributed by atoms with Gasteiger partial charge in [-0.1, -0.05) is 60.1 Å². The number of carbonyl (C=O) groups is 2. The third-order valence-electron chi connectivity index (χ3n) is 6.87. The molecule has 2 amide bonds. The molecule has 0 saturated carbocycles. The van der Waals surface area contributed by atoms with E-state index >= 15 is 0 Å². The Kier molecular flexibility index (Phi) is 8.97. The lowest BCUT2D eigenvalue weighted by atomic mass is 10.1. The van der Waals surface area contributed by atoms with Crippen molar-refractivity contribution in [1.29, 1.82) is 0 Å². The molecule has 190 valence electrons. The molecule has 1 aliphatic rings. The predicted molar refractivity (Wildman–Crippen MR) is 146 cm³/mol. The second-order valence-electron chi connectivity index (χ2n) is 9.53. The molecule has 1 fully saturated rings. The Labute approximate surface area is 218 Å². The molecular formula is C29H35ClN4O2. The maximum atomic E-state index is 13.5. The molecule has 36 heavy (non-hydrogen) atoms. The number of carbonyl (C=O) groups excluding carboxylic acids is 2. The van der Waals surface area contributed by atoms with Gasteiger partial charge in [-0.25, -0.2) is 0 Å². The number of aryl methyl sites for hydroxylation is 1. The summed E-state index contributed by atoms with van der Waals surface area (Å²) in [5.74, 6) is -0.0136. The van der Waals surface area contributed by atoms with Gasteiger partial charge in [-0.05, 0) is 73.8 Å². The summed E-state index contributed by atoms with van der Waals surface area (Å²) in [6.07, 6.45) is 2.36. The van der Waals surface area contributed by atoms with Gasteiger partial charge < -0.3 is 20.9 Å². The zero-order chi connectivity index (χ0) is 25.5. The van der Waals surface area contributed by atoms with E-state index in [4.69, 9.17) is 11.6 Å². The van der Waals surface area contributed by atoms with Gasteiger partial charge in [0.15, 0.2) is 0 Å². The largest absolute Gasteiger partial charge is 0.350 e. The molecule has 1 heterocycles.